The molecule has 0 unspecified atom stereocenters. The van der Waals surface area contributed by atoms with Crippen molar-refractivity contribution in [2.75, 3.05) is 19.6 Å². The maximum absolute atomic E-state index is 6.72. The third-order valence-electron chi connectivity index (χ3n) is 20.8. The van der Waals surface area contributed by atoms with Gasteiger partial charge in [-0.15, -0.1) is 0 Å². The molecule has 0 aliphatic heterocycles. The van der Waals surface area contributed by atoms with E-state index in [1.165, 1.54) is 50.1 Å². The number of furan rings is 2. The van der Waals surface area contributed by atoms with Gasteiger partial charge in [-0.3, -0.25) is 0 Å². The van der Waals surface area contributed by atoms with Gasteiger partial charge < -0.3 is 28.4 Å². The molecule has 18 rings (SSSR count). The summed E-state index contributed by atoms with van der Waals surface area (Å²) in [6, 6.07) is 111. The van der Waals surface area contributed by atoms with Crippen LogP contribution < -0.4 is 19.6 Å². The molecule has 0 atom stereocenters. The highest BCUT2D eigenvalue weighted by atomic mass is 16.3. The Morgan fingerprint density at radius 2 is 0.549 bits per heavy atom. The molecule has 16 aromatic carbocycles. The molecule has 2 heterocycles. The van der Waals surface area contributed by atoms with Gasteiger partial charge in [0.2, 0.25) is 0 Å². The summed E-state index contributed by atoms with van der Waals surface area (Å²) in [5.74, 6) is 0. The molecule has 0 saturated carbocycles. The second kappa shape index (κ2) is 24.7. The fourth-order valence-corrected chi connectivity index (χ4v) is 15.8. The smallest absolute Gasteiger partial charge is 0.136 e. The SMILES string of the molecule is Cc1ccc(N(c2ccc3c(ccc4oc5ccc6cc(N(c7ccc(C)cc7)c7ccc(-c8ccc(N(c9cccc(C)c9)c9ccc%10c(ccc%11oc%12ccc%13cc(N(c%14cccc(C)c%14)c%14cccc(C)c%14)ccc%13c%12c%11%10)c9)cc8C)cc7C)ccc6c5c43)c2)c2ccccc2C)cc1. The van der Waals surface area contributed by atoms with E-state index in [0.717, 1.165) is 161 Å². The Morgan fingerprint density at radius 3 is 0.922 bits per heavy atom. The van der Waals surface area contributed by atoms with Crippen molar-refractivity contribution in [3.8, 4) is 11.1 Å². The first-order chi connectivity index (χ1) is 49.8. The Bertz CT molecular complexity index is 6350. The Balaban J connectivity index is 0.683. The highest BCUT2D eigenvalue weighted by Gasteiger charge is 2.24. The predicted molar refractivity (Wildman–Crippen MR) is 433 cm³/mol. The first kappa shape index (κ1) is 61.7. The Kier molecular flexibility index (Phi) is 14.9. The Hall–Kier alpha value is -12.6. The van der Waals surface area contributed by atoms with Gasteiger partial charge in [0.05, 0.1) is 0 Å². The second-order valence-corrected chi connectivity index (χ2v) is 27.9. The van der Waals surface area contributed by atoms with Crippen LogP contribution in [-0.4, -0.2) is 0 Å². The molecule has 102 heavy (non-hydrogen) atoms. The van der Waals surface area contributed by atoms with Gasteiger partial charge in [0.15, 0.2) is 0 Å². The van der Waals surface area contributed by atoms with E-state index in [0.29, 0.717) is 0 Å². The van der Waals surface area contributed by atoms with Crippen molar-refractivity contribution in [2.24, 2.45) is 0 Å². The zero-order chi connectivity index (χ0) is 69.0. The molecule has 18 aromatic rings. The lowest BCUT2D eigenvalue weighted by atomic mass is 9.96. The fraction of sp³-hybridized carbons (Fsp3) is 0.0833. The van der Waals surface area contributed by atoms with Crippen molar-refractivity contribution in [3.63, 3.8) is 0 Å². The van der Waals surface area contributed by atoms with Crippen LogP contribution in [0, 0.1) is 55.4 Å². The van der Waals surface area contributed by atoms with E-state index < -0.39 is 0 Å². The lowest BCUT2D eigenvalue weighted by Crippen LogP contribution is -2.11. The summed E-state index contributed by atoms with van der Waals surface area (Å²) in [7, 11) is 0. The fourth-order valence-electron chi connectivity index (χ4n) is 15.8. The van der Waals surface area contributed by atoms with E-state index in [1.807, 2.05) is 0 Å². The molecule has 0 aliphatic carbocycles. The Morgan fingerprint density at radius 1 is 0.206 bits per heavy atom. The van der Waals surface area contributed by atoms with E-state index >= 15 is 0 Å². The minimum Gasteiger partial charge on any atom is -0.456 e. The first-order valence-corrected chi connectivity index (χ1v) is 35.3. The molecule has 0 amide bonds. The van der Waals surface area contributed by atoms with Gasteiger partial charge in [-0.2, -0.15) is 0 Å². The third-order valence-corrected chi connectivity index (χ3v) is 20.8. The molecule has 0 N–H and O–H groups in total. The molecule has 6 heteroatoms. The second-order valence-electron chi connectivity index (χ2n) is 27.9. The summed E-state index contributed by atoms with van der Waals surface area (Å²) in [6.07, 6.45) is 0. The summed E-state index contributed by atoms with van der Waals surface area (Å²) in [5, 5.41) is 13.7. The number of para-hydroxylation sites is 1. The van der Waals surface area contributed by atoms with E-state index in [4.69, 9.17) is 8.83 Å². The molecule has 0 spiro atoms. The van der Waals surface area contributed by atoms with Crippen molar-refractivity contribution in [1.29, 1.82) is 0 Å². The van der Waals surface area contributed by atoms with Crippen LogP contribution in [-0.2, 0) is 0 Å². The highest BCUT2D eigenvalue weighted by Crippen LogP contribution is 2.48. The van der Waals surface area contributed by atoms with Crippen molar-refractivity contribution in [3.05, 3.63) is 348 Å². The minimum absolute atomic E-state index is 0.875. The number of rotatable bonds is 13. The van der Waals surface area contributed by atoms with E-state index in [1.54, 1.807) is 0 Å². The quantitative estimate of drug-likeness (QED) is 0.115. The topological polar surface area (TPSA) is 39.2 Å². The minimum atomic E-state index is 0.875. The molecule has 2 aromatic heterocycles. The van der Waals surface area contributed by atoms with Crippen LogP contribution in [0.1, 0.15) is 44.5 Å². The molecule has 0 bridgehead atoms. The van der Waals surface area contributed by atoms with Gasteiger partial charge in [0.25, 0.3) is 0 Å². The van der Waals surface area contributed by atoms with Gasteiger partial charge in [0.1, 0.15) is 22.3 Å². The summed E-state index contributed by atoms with van der Waals surface area (Å²) < 4.78 is 13.4. The van der Waals surface area contributed by atoms with Crippen LogP contribution in [0.15, 0.2) is 312 Å². The monoisotopic (exact) mass is 1310 g/mol. The molecular weight excluding hydrogens is 1240 g/mol. The standard InChI is InChI=1S/C96H74N4O2/c1-59-22-31-72(32-23-59)99(87-21-10-9-17-64(87)6)80-38-43-85-70(57-80)29-48-91-95(85)96-86-44-39-81(58-71(86)30-49-92(96)102-91)100(73-33-24-60(2)25-34-73)88-45-26-67(53-66(88)8)82-40-35-77(54-65(82)7)98(76-20-13-16-63(5)52-76)79-37-42-84-69(56-79)28-47-90-94(84)93-83-41-36-78(55-68(83)27-46-89(93)101-90)97(74-18-11-14-61(3)50-74)75-19-12-15-62(4)51-75/h9-58H,1-8H3. The maximum atomic E-state index is 6.72. The zero-order valence-corrected chi connectivity index (χ0v) is 58.5. The van der Waals surface area contributed by atoms with Crippen molar-refractivity contribution in [1.82, 2.24) is 0 Å². The number of aryl methyl sites for hydroxylation is 8. The van der Waals surface area contributed by atoms with E-state index in [2.05, 4.69) is 378 Å². The van der Waals surface area contributed by atoms with Crippen LogP contribution in [0.25, 0.3) is 98.1 Å². The van der Waals surface area contributed by atoms with Crippen molar-refractivity contribution >= 4 is 155 Å². The van der Waals surface area contributed by atoms with Crippen LogP contribution in [0.4, 0.5) is 68.2 Å². The van der Waals surface area contributed by atoms with E-state index in [9.17, 15) is 0 Å². The Labute approximate surface area is 594 Å². The largest absolute Gasteiger partial charge is 0.456 e. The zero-order valence-electron chi connectivity index (χ0n) is 58.5. The van der Waals surface area contributed by atoms with Gasteiger partial charge in [0, 0.05) is 89.8 Å². The van der Waals surface area contributed by atoms with Gasteiger partial charge in [-0.25, -0.2) is 0 Å². The number of hydrogen-bond donors (Lipinski definition) is 0. The summed E-state index contributed by atoms with van der Waals surface area (Å²) in [6.45, 7) is 17.4. The lowest BCUT2D eigenvalue weighted by Gasteiger charge is -2.28. The van der Waals surface area contributed by atoms with Crippen LogP contribution in [0.2, 0.25) is 0 Å². The van der Waals surface area contributed by atoms with Crippen LogP contribution >= 0.6 is 0 Å². The van der Waals surface area contributed by atoms with Crippen molar-refractivity contribution in [2.45, 2.75) is 55.4 Å². The number of anilines is 12. The summed E-state index contributed by atoms with van der Waals surface area (Å²) in [4.78, 5) is 9.53. The predicted octanol–water partition coefficient (Wildman–Crippen LogP) is 28.1. The summed E-state index contributed by atoms with van der Waals surface area (Å²) in [5.41, 5.74) is 28.8. The number of hydrogen-bond acceptors (Lipinski definition) is 6. The molecule has 0 radical (unpaired) electrons. The number of nitrogens with zero attached hydrogens (tertiary/aromatic N) is 4. The third kappa shape index (κ3) is 10.7. The van der Waals surface area contributed by atoms with Crippen LogP contribution in [0.5, 0.6) is 0 Å². The maximum Gasteiger partial charge on any atom is 0.136 e. The summed E-state index contributed by atoms with van der Waals surface area (Å²) >= 11 is 0. The molecule has 490 valence electrons. The van der Waals surface area contributed by atoms with Gasteiger partial charge in [-0.05, 0) is 307 Å². The number of benzene rings is 16. The molecule has 0 saturated heterocycles. The van der Waals surface area contributed by atoms with E-state index in [-0.39, 0.29) is 0 Å². The highest BCUT2D eigenvalue weighted by molar-refractivity contribution is 6.28. The molecule has 0 fully saturated rings. The van der Waals surface area contributed by atoms with Crippen molar-refractivity contribution < 1.29 is 8.83 Å². The van der Waals surface area contributed by atoms with Gasteiger partial charge >= 0.3 is 0 Å². The lowest BCUT2D eigenvalue weighted by molar-refractivity contribution is 0.669. The molecule has 0 aliphatic rings. The average molecular weight is 1320 g/mol. The molecular formula is C96H74N4O2. The number of fused-ring (bicyclic) bond motifs is 14. The average Bonchev–Trinajstić information content (AvgIpc) is 1.55. The molecule has 6 nitrogen and oxygen atoms in total. The first-order valence-electron chi connectivity index (χ1n) is 35.3. The normalized spacial score (nSPS) is 11.7. The van der Waals surface area contributed by atoms with Gasteiger partial charge in [-0.1, -0.05) is 151 Å². The van der Waals surface area contributed by atoms with Crippen LogP contribution in [0.3, 0.4) is 0 Å².